The number of carboxylic acids is 1. The van der Waals surface area contributed by atoms with E-state index in [1.54, 1.807) is 6.92 Å². The number of ketones is 1. The van der Waals surface area contributed by atoms with Crippen LogP contribution in [0.1, 0.15) is 30.1 Å². The van der Waals surface area contributed by atoms with Gasteiger partial charge in [0, 0.05) is 34.7 Å². The minimum atomic E-state index is -4.89. The first-order valence-corrected chi connectivity index (χ1v) is 9.33. The molecule has 0 aromatic carbocycles. The highest BCUT2D eigenvalue weighted by atomic mass is 35.5. The maximum Gasteiger partial charge on any atom is 0.573 e. The molecule has 6 nitrogen and oxygen atoms in total. The topological polar surface area (TPSA) is 85.2 Å². The number of fused-ring (bicyclic) bond motifs is 1. The van der Waals surface area contributed by atoms with Crippen molar-refractivity contribution in [1.29, 1.82) is 0 Å². The number of ether oxygens (including phenoxy) is 2. The van der Waals surface area contributed by atoms with Gasteiger partial charge in [-0.15, -0.1) is 24.5 Å². The lowest BCUT2D eigenvalue weighted by atomic mass is 9.85. The highest BCUT2D eigenvalue weighted by Gasteiger charge is 2.38. The van der Waals surface area contributed by atoms with Crippen LogP contribution in [0.3, 0.4) is 0 Å². The molecule has 1 aliphatic carbocycles. The summed E-state index contributed by atoms with van der Waals surface area (Å²) >= 11 is 6.85. The average Bonchev–Trinajstić information content (AvgIpc) is 3.16. The predicted octanol–water partition coefficient (Wildman–Crippen LogP) is 4.83. The molecule has 2 heterocycles. The predicted molar refractivity (Wildman–Crippen MR) is 99.3 cm³/mol. The summed E-state index contributed by atoms with van der Waals surface area (Å²) in [4.78, 5) is 28.8. The van der Waals surface area contributed by atoms with Gasteiger partial charge < -0.3 is 14.6 Å². The minimum absolute atomic E-state index is 0.0349. The summed E-state index contributed by atoms with van der Waals surface area (Å²) in [5.41, 5.74) is 1.35. The number of methoxy groups -OCH3 is 1. The molecular formula is C18H13ClF3NO5S. The van der Waals surface area contributed by atoms with E-state index in [4.69, 9.17) is 16.3 Å². The molecule has 1 aliphatic heterocycles. The van der Waals surface area contributed by atoms with Crippen LogP contribution in [0.2, 0.25) is 0 Å². The molecule has 0 amide bonds. The van der Waals surface area contributed by atoms with Crippen molar-refractivity contribution in [2.24, 2.45) is 4.99 Å². The highest BCUT2D eigenvalue weighted by Crippen LogP contribution is 2.42. The van der Waals surface area contributed by atoms with E-state index in [-0.39, 0.29) is 34.8 Å². The number of thiophene rings is 1. The number of alkyl halides is 3. The maximum absolute atomic E-state index is 13.2. The van der Waals surface area contributed by atoms with E-state index in [1.807, 2.05) is 0 Å². The van der Waals surface area contributed by atoms with Crippen LogP contribution in [0.5, 0.6) is 5.06 Å². The Balaban J connectivity index is 2.12. The van der Waals surface area contributed by atoms with Gasteiger partial charge in [0.05, 0.1) is 29.8 Å². The molecule has 1 aromatic rings. The monoisotopic (exact) mass is 447 g/mol. The number of hydrogen-bond acceptors (Lipinski definition) is 6. The normalized spacial score (nSPS) is 16.8. The summed E-state index contributed by atoms with van der Waals surface area (Å²) in [6.07, 6.45) is -5.13. The van der Waals surface area contributed by atoms with E-state index in [0.29, 0.717) is 33.9 Å². The van der Waals surface area contributed by atoms with Gasteiger partial charge in [0.2, 0.25) is 0 Å². The number of aliphatic imine (C=N–C) groups is 1. The van der Waals surface area contributed by atoms with E-state index < -0.39 is 23.2 Å². The maximum atomic E-state index is 13.2. The summed E-state index contributed by atoms with van der Waals surface area (Å²) in [6.45, 7) is 1.61. The molecule has 1 N–H and O–H groups in total. The number of rotatable bonds is 6. The number of aliphatic carboxylic acids is 1. The Bertz CT molecular complexity index is 1030. The van der Waals surface area contributed by atoms with Crippen molar-refractivity contribution in [3.63, 3.8) is 0 Å². The lowest BCUT2D eigenvalue weighted by Gasteiger charge is -2.22. The Morgan fingerprint density at radius 1 is 1.38 bits per heavy atom. The molecular weight excluding hydrogens is 435 g/mol. The first-order chi connectivity index (χ1) is 13.5. The van der Waals surface area contributed by atoms with E-state index in [9.17, 15) is 27.9 Å². The van der Waals surface area contributed by atoms with Gasteiger partial charge in [0.1, 0.15) is 5.76 Å². The van der Waals surface area contributed by atoms with Crippen molar-refractivity contribution in [2.75, 3.05) is 7.11 Å². The number of hydrogen-bond donors (Lipinski definition) is 1. The molecule has 0 atom stereocenters. The number of carbonyl (C=O) groups is 2. The summed E-state index contributed by atoms with van der Waals surface area (Å²) in [5.74, 6) is -1.76. The van der Waals surface area contributed by atoms with E-state index in [2.05, 4.69) is 9.73 Å². The van der Waals surface area contributed by atoms with Crippen LogP contribution in [-0.4, -0.2) is 36.0 Å². The molecule has 0 spiro atoms. The molecule has 154 valence electrons. The number of allylic oxidation sites excluding steroid dienone is 4. The highest BCUT2D eigenvalue weighted by molar-refractivity contribution is 7.12. The summed E-state index contributed by atoms with van der Waals surface area (Å²) in [5, 5.41) is 10.1. The summed E-state index contributed by atoms with van der Waals surface area (Å²) < 4.78 is 46.4. The Morgan fingerprint density at radius 3 is 2.66 bits per heavy atom. The Morgan fingerprint density at radius 2 is 2.07 bits per heavy atom. The summed E-state index contributed by atoms with van der Waals surface area (Å²) in [6, 6.07) is 0.961. The average molecular weight is 448 g/mol. The van der Waals surface area contributed by atoms with Crippen molar-refractivity contribution in [3.8, 4) is 5.06 Å². The van der Waals surface area contributed by atoms with Gasteiger partial charge in [-0.05, 0) is 12.5 Å². The van der Waals surface area contributed by atoms with E-state index in [1.165, 1.54) is 12.5 Å². The quantitative estimate of drug-likeness (QED) is 0.631. The van der Waals surface area contributed by atoms with Gasteiger partial charge in [-0.3, -0.25) is 14.6 Å². The molecule has 0 saturated heterocycles. The molecule has 0 unspecified atom stereocenters. The van der Waals surface area contributed by atoms with Gasteiger partial charge >= 0.3 is 12.3 Å². The van der Waals surface area contributed by atoms with Crippen molar-refractivity contribution >= 4 is 40.4 Å². The van der Waals surface area contributed by atoms with Crippen molar-refractivity contribution < 1.29 is 37.3 Å². The minimum Gasteiger partial charge on any atom is -0.495 e. The van der Waals surface area contributed by atoms with Crippen LogP contribution in [0.4, 0.5) is 13.2 Å². The second kappa shape index (κ2) is 7.68. The summed E-state index contributed by atoms with van der Waals surface area (Å²) in [7, 11) is 1.29. The number of halogens is 4. The Kier molecular flexibility index (Phi) is 5.59. The molecule has 11 heteroatoms. The number of nitrogens with zero attached hydrogens (tertiary/aromatic N) is 1. The lowest BCUT2D eigenvalue weighted by molar-refractivity contribution is -0.273. The SMILES string of the molecule is COC1=C(Cl)CC2=NC(C)=C(CC(=O)O)C2=C1C(=O)c1csc(OC(F)(F)F)c1. The van der Waals surface area contributed by atoms with Crippen LogP contribution >= 0.6 is 22.9 Å². The fourth-order valence-electron chi connectivity index (χ4n) is 3.12. The fraction of sp³-hybridized carbons (Fsp3) is 0.278. The van der Waals surface area contributed by atoms with Crippen LogP contribution in [0.15, 0.2) is 49.6 Å². The van der Waals surface area contributed by atoms with Crippen LogP contribution in [0.25, 0.3) is 0 Å². The van der Waals surface area contributed by atoms with E-state index in [0.717, 1.165) is 6.07 Å². The standard InChI is InChI=1S/C18H13ClF3NO5S/c1-7-9(4-12(24)25)14-11(23-7)5-10(19)17(27-2)15(14)16(26)8-3-13(29-6-8)28-18(20,21)22/h3,6H,4-5H2,1-2H3,(H,24,25). The van der Waals surface area contributed by atoms with Gasteiger partial charge in [-0.25, -0.2) is 0 Å². The Hall–Kier alpha value is -2.59. The zero-order valence-electron chi connectivity index (χ0n) is 15.0. The molecule has 0 bridgehead atoms. The smallest absolute Gasteiger partial charge is 0.495 e. The second-order valence-electron chi connectivity index (χ2n) is 6.09. The van der Waals surface area contributed by atoms with Gasteiger partial charge in [-0.2, -0.15) is 0 Å². The number of carbonyl (C=O) groups excluding carboxylic acids is 1. The number of carboxylic acid groups (broad SMARTS) is 1. The third-order valence-corrected chi connectivity index (χ3v) is 5.30. The third-order valence-electron chi connectivity index (χ3n) is 4.19. The van der Waals surface area contributed by atoms with Crippen molar-refractivity contribution in [2.45, 2.75) is 26.1 Å². The second-order valence-corrected chi connectivity index (χ2v) is 7.42. The molecule has 2 aliphatic rings. The molecule has 1 aromatic heterocycles. The first kappa shape index (κ1) is 21.1. The van der Waals surface area contributed by atoms with Crippen molar-refractivity contribution in [3.05, 3.63) is 50.2 Å². The molecule has 3 rings (SSSR count). The molecule has 0 radical (unpaired) electrons. The zero-order chi connectivity index (χ0) is 21.5. The molecule has 0 saturated carbocycles. The largest absolute Gasteiger partial charge is 0.573 e. The zero-order valence-corrected chi connectivity index (χ0v) is 16.6. The lowest BCUT2D eigenvalue weighted by Crippen LogP contribution is -2.20. The molecule has 29 heavy (non-hydrogen) atoms. The van der Waals surface area contributed by atoms with E-state index >= 15 is 0 Å². The van der Waals surface area contributed by atoms with Crippen LogP contribution in [-0.2, 0) is 9.53 Å². The van der Waals surface area contributed by atoms with Crippen LogP contribution < -0.4 is 4.74 Å². The Labute approximate surface area is 171 Å². The van der Waals surface area contributed by atoms with Crippen molar-refractivity contribution in [1.82, 2.24) is 0 Å². The first-order valence-electron chi connectivity index (χ1n) is 8.08. The number of Topliss-reactive ketones (excluding diaryl/α,β-unsaturated/α-hetero) is 1. The third kappa shape index (κ3) is 4.23. The van der Waals surface area contributed by atoms with Crippen LogP contribution in [0, 0.1) is 0 Å². The molecule has 0 fully saturated rings. The van der Waals surface area contributed by atoms with Gasteiger partial charge in [-0.1, -0.05) is 11.6 Å². The fourth-order valence-corrected chi connectivity index (χ4v) is 4.18. The van der Waals surface area contributed by atoms with Gasteiger partial charge in [0.15, 0.2) is 10.8 Å². The van der Waals surface area contributed by atoms with Gasteiger partial charge in [0.25, 0.3) is 0 Å².